The lowest BCUT2D eigenvalue weighted by molar-refractivity contribution is 0.0195. The molecule has 126 valence electrons. The lowest BCUT2D eigenvalue weighted by atomic mass is 9.87. The third-order valence-corrected chi connectivity index (χ3v) is 4.42. The Morgan fingerprint density at radius 1 is 1.33 bits per heavy atom. The number of rotatable bonds is 3. The van der Waals surface area contributed by atoms with Gasteiger partial charge >= 0.3 is 0 Å². The van der Waals surface area contributed by atoms with E-state index in [0.717, 1.165) is 0 Å². The van der Waals surface area contributed by atoms with Crippen molar-refractivity contribution in [3.8, 4) is 5.75 Å². The molecule has 5 nitrogen and oxygen atoms in total. The van der Waals surface area contributed by atoms with E-state index in [4.69, 9.17) is 0 Å². The number of carbonyl (C=O) groups excluding carboxylic acids is 1. The molecule has 1 aromatic heterocycles. The van der Waals surface area contributed by atoms with Crippen molar-refractivity contribution in [3.63, 3.8) is 0 Å². The molecule has 6 heteroatoms. The van der Waals surface area contributed by atoms with Gasteiger partial charge in [-0.05, 0) is 36.5 Å². The monoisotopic (exact) mass is 330 g/mol. The summed E-state index contributed by atoms with van der Waals surface area (Å²) in [6.45, 7) is 0.665. The summed E-state index contributed by atoms with van der Waals surface area (Å²) in [4.78, 5) is 17.8. The number of hydrogen-bond acceptors (Lipinski definition) is 4. The van der Waals surface area contributed by atoms with Crippen LogP contribution in [0.4, 0.5) is 4.39 Å². The van der Waals surface area contributed by atoms with E-state index in [2.05, 4.69) is 4.98 Å². The Kier molecular flexibility index (Phi) is 4.76. The Labute approximate surface area is 139 Å². The zero-order chi connectivity index (χ0) is 17.1. The first-order valence-corrected chi connectivity index (χ1v) is 7.89. The lowest BCUT2D eigenvalue weighted by Gasteiger charge is -2.36. The smallest absolute Gasteiger partial charge is 0.255 e. The van der Waals surface area contributed by atoms with Crippen LogP contribution in [0.5, 0.6) is 5.75 Å². The standard InChI is InChI=1S/C18H19FN2O3/c19-16-4-2-1-3-12(16)7-13-5-6-21(11-17(13)23)18(24)14-8-15(22)10-20-9-14/h1-4,8-10,13,17,22-23H,5-7,11H2/t13-,17+/m1/s1. The van der Waals surface area contributed by atoms with Gasteiger partial charge < -0.3 is 15.1 Å². The third-order valence-electron chi connectivity index (χ3n) is 4.42. The summed E-state index contributed by atoms with van der Waals surface area (Å²) in [6, 6.07) is 7.90. The van der Waals surface area contributed by atoms with Crippen molar-refractivity contribution in [1.29, 1.82) is 0 Å². The van der Waals surface area contributed by atoms with Gasteiger partial charge in [-0.1, -0.05) is 18.2 Å². The Morgan fingerprint density at radius 3 is 2.83 bits per heavy atom. The summed E-state index contributed by atoms with van der Waals surface area (Å²) in [6.07, 6.45) is 2.97. The van der Waals surface area contributed by atoms with Crippen LogP contribution in [-0.4, -0.2) is 45.2 Å². The predicted molar refractivity (Wildman–Crippen MR) is 86.0 cm³/mol. The van der Waals surface area contributed by atoms with E-state index in [-0.39, 0.29) is 35.5 Å². The van der Waals surface area contributed by atoms with Crippen LogP contribution in [0, 0.1) is 11.7 Å². The van der Waals surface area contributed by atoms with Gasteiger partial charge in [-0.25, -0.2) is 4.39 Å². The Morgan fingerprint density at radius 2 is 2.12 bits per heavy atom. The van der Waals surface area contributed by atoms with Gasteiger partial charge in [-0.15, -0.1) is 0 Å². The van der Waals surface area contributed by atoms with E-state index in [1.807, 2.05) is 0 Å². The SMILES string of the molecule is O=C(c1cncc(O)c1)N1CC[C@H](Cc2ccccc2F)[C@@H](O)C1. The number of aliphatic hydroxyl groups excluding tert-OH is 1. The minimum atomic E-state index is -0.715. The number of likely N-dealkylation sites (tertiary alicyclic amines) is 1. The van der Waals surface area contributed by atoms with Gasteiger partial charge in [0.25, 0.3) is 5.91 Å². The first kappa shape index (κ1) is 16.4. The number of aromatic nitrogens is 1. The van der Waals surface area contributed by atoms with Crippen LogP contribution in [-0.2, 0) is 6.42 Å². The van der Waals surface area contributed by atoms with Crippen LogP contribution < -0.4 is 0 Å². The second-order valence-corrected chi connectivity index (χ2v) is 6.09. The number of amides is 1. The molecule has 0 spiro atoms. The molecule has 2 N–H and O–H groups in total. The predicted octanol–water partition coefficient (Wildman–Crippen LogP) is 1.99. The molecule has 1 aliphatic rings. The second kappa shape index (κ2) is 6.97. The Balaban J connectivity index is 1.65. The van der Waals surface area contributed by atoms with Crippen LogP contribution in [0.2, 0.25) is 0 Å². The van der Waals surface area contributed by atoms with Crippen molar-refractivity contribution in [2.24, 2.45) is 5.92 Å². The summed E-state index contributed by atoms with van der Waals surface area (Å²) < 4.78 is 13.8. The average molecular weight is 330 g/mol. The van der Waals surface area contributed by atoms with Gasteiger partial charge in [0, 0.05) is 19.3 Å². The molecule has 1 saturated heterocycles. The normalized spacial score (nSPS) is 20.8. The molecule has 1 aliphatic heterocycles. The third kappa shape index (κ3) is 3.54. The van der Waals surface area contributed by atoms with Crippen LogP contribution in [0.15, 0.2) is 42.7 Å². The molecule has 0 unspecified atom stereocenters. The van der Waals surface area contributed by atoms with Crippen molar-refractivity contribution in [3.05, 3.63) is 59.7 Å². The zero-order valence-corrected chi connectivity index (χ0v) is 13.1. The molecule has 2 atom stereocenters. The first-order chi connectivity index (χ1) is 11.5. The lowest BCUT2D eigenvalue weighted by Crippen LogP contribution is -2.47. The fourth-order valence-corrected chi connectivity index (χ4v) is 3.08. The molecular weight excluding hydrogens is 311 g/mol. The molecule has 24 heavy (non-hydrogen) atoms. The number of aliphatic hydroxyl groups is 1. The highest BCUT2D eigenvalue weighted by atomic mass is 19.1. The molecule has 2 heterocycles. The fourth-order valence-electron chi connectivity index (χ4n) is 3.08. The first-order valence-electron chi connectivity index (χ1n) is 7.89. The van der Waals surface area contributed by atoms with Gasteiger partial charge in [0.1, 0.15) is 11.6 Å². The van der Waals surface area contributed by atoms with Crippen LogP contribution in [0.25, 0.3) is 0 Å². The van der Waals surface area contributed by atoms with E-state index in [1.54, 1.807) is 23.1 Å². The molecule has 2 aromatic rings. The number of piperidine rings is 1. The fraction of sp³-hybridized carbons (Fsp3) is 0.333. The van der Waals surface area contributed by atoms with Crippen molar-refractivity contribution < 1.29 is 19.4 Å². The molecule has 0 saturated carbocycles. The highest BCUT2D eigenvalue weighted by molar-refractivity contribution is 5.94. The topological polar surface area (TPSA) is 73.7 Å². The summed E-state index contributed by atoms with van der Waals surface area (Å²) in [5.41, 5.74) is 0.869. The van der Waals surface area contributed by atoms with E-state index in [0.29, 0.717) is 24.9 Å². The highest BCUT2D eigenvalue weighted by Gasteiger charge is 2.31. The molecule has 0 bridgehead atoms. The number of aromatic hydroxyl groups is 1. The number of nitrogens with zero attached hydrogens (tertiary/aromatic N) is 2. The molecule has 3 rings (SSSR count). The molecule has 1 aromatic carbocycles. The minimum Gasteiger partial charge on any atom is -0.506 e. The largest absolute Gasteiger partial charge is 0.506 e. The van der Waals surface area contributed by atoms with Crippen molar-refractivity contribution in [1.82, 2.24) is 9.88 Å². The van der Waals surface area contributed by atoms with E-state index < -0.39 is 6.10 Å². The van der Waals surface area contributed by atoms with Crippen LogP contribution in [0.3, 0.4) is 0 Å². The average Bonchev–Trinajstić information content (AvgIpc) is 2.58. The Hall–Kier alpha value is -2.47. The number of carbonyl (C=O) groups is 1. The molecule has 1 fully saturated rings. The van der Waals surface area contributed by atoms with Gasteiger partial charge in [-0.2, -0.15) is 0 Å². The van der Waals surface area contributed by atoms with Crippen molar-refractivity contribution in [2.45, 2.75) is 18.9 Å². The summed E-state index contributed by atoms with van der Waals surface area (Å²) in [7, 11) is 0. The van der Waals surface area contributed by atoms with Crippen molar-refractivity contribution in [2.75, 3.05) is 13.1 Å². The molecule has 0 aliphatic carbocycles. The second-order valence-electron chi connectivity index (χ2n) is 6.09. The van der Waals surface area contributed by atoms with E-state index in [9.17, 15) is 19.4 Å². The van der Waals surface area contributed by atoms with Crippen LogP contribution >= 0.6 is 0 Å². The highest BCUT2D eigenvalue weighted by Crippen LogP contribution is 2.24. The van der Waals surface area contributed by atoms with Gasteiger partial charge in [-0.3, -0.25) is 9.78 Å². The number of pyridine rings is 1. The number of β-amino-alcohol motifs (C(OH)–C–C–N with tert-alkyl or cyclic N) is 1. The molecule has 0 radical (unpaired) electrons. The van der Waals surface area contributed by atoms with Crippen LogP contribution in [0.1, 0.15) is 22.3 Å². The van der Waals surface area contributed by atoms with E-state index >= 15 is 0 Å². The molecular formula is C18H19FN2O3. The minimum absolute atomic E-state index is 0.0733. The van der Waals surface area contributed by atoms with E-state index in [1.165, 1.54) is 24.5 Å². The maximum Gasteiger partial charge on any atom is 0.255 e. The number of hydrogen-bond donors (Lipinski definition) is 2. The van der Waals surface area contributed by atoms with Crippen molar-refractivity contribution >= 4 is 5.91 Å². The summed E-state index contributed by atoms with van der Waals surface area (Å²) in [5, 5.41) is 19.8. The van der Waals surface area contributed by atoms with Gasteiger partial charge in [0.2, 0.25) is 0 Å². The summed E-state index contributed by atoms with van der Waals surface area (Å²) in [5.74, 6) is -0.708. The zero-order valence-electron chi connectivity index (χ0n) is 13.1. The maximum absolute atomic E-state index is 13.8. The number of halogens is 1. The quantitative estimate of drug-likeness (QED) is 0.903. The maximum atomic E-state index is 13.8. The Bertz CT molecular complexity index is 738. The summed E-state index contributed by atoms with van der Waals surface area (Å²) >= 11 is 0. The number of benzene rings is 1. The van der Waals surface area contributed by atoms with Gasteiger partial charge in [0.05, 0.1) is 17.9 Å². The molecule has 1 amide bonds. The van der Waals surface area contributed by atoms with Gasteiger partial charge in [0.15, 0.2) is 0 Å².